The summed E-state index contributed by atoms with van der Waals surface area (Å²) in [6.07, 6.45) is 3.52. The highest BCUT2D eigenvalue weighted by atomic mass is 16.2. The number of benzene rings is 2. The van der Waals surface area contributed by atoms with Gasteiger partial charge in [-0.25, -0.2) is 0 Å². The molecule has 0 bridgehead atoms. The van der Waals surface area contributed by atoms with Crippen LogP contribution in [0.5, 0.6) is 0 Å². The second-order valence-electron chi connectivity index (χ2n) is 7.61. The zero-order valence-electron chi connectivity index (χ0n) is 15.4. The third-order valence-corrected chi connectivity index (χ3v) is 6.11. The number of nitrogens with one attached hydrogen (secondary N) is 1. The van der Waals surface area contributed by atoms with Crippen molar-refractivity contribution in [2.24, 2.45) is 0 Å². The second-order valence-corrected chi connectivity index (χ2v) is 7.61. The number of H-pyrrole nitrogens is 1. The van der Waals surface area contributed by atoms with Gasteiger partial charge in [0.25, 0.3) is 5.91 Å². The number of carbonyl (C=O) groups is 1. The van der Waals surface area contributed by atoms with Gasteiger partial charge >= 0.3 is 0 Å². The number of aromatic nitrogens is 2. The highest BCUT2D eigenvalue weighted by Crippen LogP contribution is 2.25. The Morgan fingerprint density at radius 1 is 0.963 bits per heavy atom. The third kappa shape index (κ3) is 3.02. The molecule has 1 amide bonds. The van der Waals surface area contributed by atoms with Crippen molar-refractivity contribution in [3.05, 3.63) is 65.4 Å². The minimum Gasteiger partial charge on any atom is -0.335 e. The van der Waals surface area contributed by atoms with E-state index in [2.05, 4.69) is 39.4 Å². The summed E-state index contributed by atoms with van der Waals surface area (Å²) >= 11 is 0. The van der Waals surface area contributed by atoms with Crippen molar-refractivity contribution in [2.45, 2.75) is 25.3 Å². The molecule has 2 aliphatic rings. The van der Waals surface area contributed by atoms with Gasteiger partial charge in [0.2, 0.25) is 0 Å². The molecule has 1 aliphatic carbocycles. The first-order valence-electron chi connectivity index (χ1n) is 9.83. The number of rotatable bonds is 2. The Labute approximate surface area is 159 Å². The van der Waals surface area contributed by atoms with Crippen molar-refractivity contribution in [2.75, 3.05) is 26.2 Å². The fourth-order valence-corrected chi connectivity index (χ4v) is 4.56. The number of hydrogen-bond donors (Lipinski definition) is 1. The van der Waals surface area contributed by atoms with Crippen molar-refractivity contribution in [1.82, 2.24) is 20.0 Å². The van der Waals surface area contributed by atoms with Crippen molar-refractivity contribution < 1.29 is 4.79 Å². The van der Waals surface area contributed by atoms with Crippen LogP contribution in [0.25, 0.3) is 10.9 Å². The predicted molar refractivity (Wildman–Crippen MR) is 106 cm³/mol. The summed E-state index contributed by atoms with van der Waals surface area (Å²) in [6.45, 7) is 3.44. The average Bonchev–Trinajstić information content (AvgIpc) is 3.17. The predicted octanol–water partition coefficient (Wildman–Crippen LogP) is 2.88. The van der Waals surface area contributed by atoms with Gasteiger partial charge in [0, 0.05) is 37.6 Å². The topological polar surface area (TPSA) is 52.2 Å². The molecule has 5 nitrogen and oxygen atoms in total. The third-order valence-electron chi connectivity index (χ3n) is 6.11. The molecule has 0 spiro atoms. The normalized spacial score (nSPS) is 20.6. The van der Waals surface area contributed by atoms with Crippen LogP contribution >= 0.6 is 0 Å². The SMILES string of the molecule is O=C(c1n[nH]c2ccccc12)N1CCN([C@H]2CCc3ccccc3C2)CC1. The Balaban J connectivity index is 1.25. The number of piperazine rings is 1. The van der Waals surface area contributed by atoms with Crippen LogP contribution in [0.4, 0.5) is 0 Å². The van der Waals surface area contributed by atoms with Crippen molar-refractivity contribution in [3.8, 4) is 0 Å². The average molecular weight is 360 g/mol. The molecular weight excluding hydrogens is 336 g/mol. The summed E-state index contributed by atoms with van der Waals surface area (Å²) in [4.78, 5) is 17.5. The van der Waals surface area contributed by atoms with Gasteiger partial charge in [-0.05, 0) is 36.5 Å². The Morgan fingerprint density at radius 2 is 1.70 bits per heavy atom. The molecule has 1 fully saturated rings. The zero-order chi connectivity index (χ0) is 18.2. The van der Waals surface area contributed by atoms with Crippen LogP contribution in [-0.2, 0) is 12.8 Å². The van der Waals surface area contributed by atoms with Crippen LogP contribution in [0, 0.1) is 0 Å². The molecule has 1 aliphatic heterocycles. The molecule has 3 aromatic rings. The molecule has 1 saturated heterocycles. The van der Waals surface area contributed by atoms with E-state index in [1.807, 2.05) is 29.2 Å². The number of amides is 1. The fraction of sp³-hybridized carbons (Fsp3) is 0.364. The number of aryl methyl sites for hydroxylation is 1. The van der Waals surface area contributed by atoms with Crippen LogP contribution in [0.3, 0.4) is 0 Å². The molecule has 1 atom stereocenters. The maximum absolute atomic E-state index is 12.9. The minimum atomic E-state index is 0.0427. The van der Waals surface area contributed by atoms with E-state index in [-0.39, 0.29) is 5.91 Å². The van der Waals surface area contributed by atoms with Crippen LogP contribution < -0.4 is 0 Å². The van der Waals surface area contributed by atoms with Gasteiger partial charge in [-0.2, -0.15) is 5.10 Å². The maximum atomic E-state index is 12.9. The number of para-hydroxylation sites is 1. The van der Waals surface area contributed by atoms with Crippen molar-refractivity contribution in [3.63, 3.8) is 0 Å². The second kappa shape index (κ2) is 6.82. The van der Waals surface area contributed by atoms with Crippen molar-refractivity contribution in [1.29, 1.82) is 0 Å². The van der Waals surface area contributed by atoms with E-state index in [1.54, 1.807) is 0 Å². The van der Waals surface area contributed by atoms with E-state index in [0.717, 1.165) is 43.5 Å². The number of carbonyl (C=O) groups excluding carboxylic acids is 1. The van der Waals surface area contributed by atoms with E-state index in [4.69, 9.17) is 0 Å². The zero-order valence-corrected chi connectivity index (χ0v) is 15.4. The smallest absolute Gasteiger partial charge is 0.275 e. The standard InChI is InChI=1S/C22H24N4O/c27-22(21-19-7-3-4-8-20(19)23-24-21)26-13-11-25(12-14-26)18-10-9-16-5-1-2-6-17(16)15-18/h1-8,18H,9-15H2,(H,23,24)/t18-/m0/s1. The minimum absolute atomic E-state index is 0.0427. The van der Waals surface area contributed by atoms with Gasteiger partial charge in [-0.3, -0.25) is 14.8 Å². The highest BCUT2D eigenvalue weighted by molar-refractivity contribution is 6.04. The fourth-order valence-electron chi connectivity index (χ4n) is 4.56. The molecular formula is C22H24N4O. The summed E-state index contributed by atoms with van der Waals surface area (Å²) in [5, 5.41) is 8.16. The van der Waals surface area contributed by atoms with Gasteiger partial charge < -0.3 is 4.90 Å². The summed E-state index contributed by atoms with van der Waals surface area (Å²) in [6, 6.07) is 17.2. The molecule has 0 saturated carbocycles. The summed E-state index contributed by atoms with van der Waals surface area (Å²) < 4.78 is 0. The van der Waals surface area contributed by atoms with E-state index in [9.17, 15) is 4.79 Å². The van der Waals surface area contributed by atoms with Crippen LogP contribution in [0.1, 0.15) is 28.0 Å². The van der Waals surface area contributed by atoms with Gasteiger partial charge in [0.15, 0.2) is 5.69 Å². The highest BCUT2D eigenvalue weighted by Gasteiger charge is 2.30. The number of aromatic amines is 1. The molecule has 2 aromatic carbocycles. The van der Waals surface area contributed by atoms with Gasteiger partial charge in [-0.15, -0.1) is 0 Å². The van der Waals surface area contributed by atoms with E-state index in [0.29, 0.717) is 11.7 Å². The number of nitrogens with zero attached hydrogens (tertiary/aromatic N) is 3. The van der Waals surface area contributed by atoms with E-state index in [1.165, 1.54) is 24.0 Å². The van der Waals surface area contributed by atoms with Crippen LogP contribution in [0.2, 0.25) is 0 Å². The number of fused-ring (bicyclic) bond motifs is 2. The molecule has 27 heavy (non-hydrogen) atoms. The lowest BCUT2D eigenvalue weighted by molar-refractivity contribution is 0.0549. The lowest BCUT2D eigenvalue weighted by Crippen LogP contribution is -2.53. The largest absolute Gasteiger partial charge is 0.335 e. The van der Waals surface area contributed by atoms with Crippen LogP contribution in [-0.4, -0.2) is 58.1 Å². The first-order chi connectivity index (χ1) is 13.3. The molecule has 5 heteroatoms. The molecule has 1 aromatic heterocycles. The van der Waals surface area contributed by atoms with E-state index < -0.39 is 0 Å². The molecule has 2 heterocycles. The number of hydrogen-bond acceptors (Lipinski definition) is 3. The Morgan fingerprint density at radius 3 is 2.56 bits per heavy atom. The van der Waals surface area contributed by atoms with Crippen LogP contribution in [0.15, 0.2) is 48.5 Å². The Bertz CT molecular complexity index is 971. The molecule has 0 unspecified atom stereocenters. The Kier molecular flexibility index (Phi) is 4.17. The first kappa shape index (κ1) is 16.5. The van der Waals surface area contributed by atoms with Gasteiger partial charge in [0.1, 0.15) is 0 Å². The summed E-state index contributed by atoms with van der Waals surface area (Å²) in [7, 11) is 0. The Hall–Kier alpha value is -2.66. The monoisotopic (exact) mass is 360 g/mol. The quantitative estimate of drug-likeness (QED) is 0.765. The maximum Gasteiger partial charge on any atom is 0.275 e. The lowest BCUT2D eigenvalue weighted by atomic mass is 9.87. The van der Waals surface area contributed by atoms with Crippen molar-refractivity contribution >= 4 is 16.8 Å². The van der Waals surface area contributed by atoms with Gasteiger partial charge in [-0.1, -0.05) is 42.5 Å². The summed E-state index contributed by atoms with van der Waals surface area (Å²) in [5.74, 6) is 0.0427. The van der Waals surface area contributed by atoms with E-state index >= 15 is 0 Å². The molecule has 1 N–H and O–H groups in total. The molecule has 0 radical (unpaired) electrons. The lowest BCUT2D eigenvalue weighted by Gasteiger charge is -2.41. The summed E-state index contributed by atoms with van der Waals surface area (Å²) in [5.41, 5.74) is 4.47. The molecule has 5 rings (SSSR count). The first-order valence-corrected chi connectivity index (χ1v) is 9.83. The van der Waals surface area contributed by atoms with Gasteiger partial charge in [0.05, 0.1) is 5.52 Å². The molecule has 138 valence electrons.